The van der Waals surface area contributed by atoms with Crippen LogP contribution in [-0.4, -0.2) is 50.3 Å². The summed E-state index contributed by atoms with van der Waals surface area (Å²) in [5.74, 6) is 0.501. The van der Waals surface area contributed by atoms with Gasteiger partial charge in [-0.1, -0.05) is 26.0 Å². The standard InChI is InChI=1S/C16H25N3O2/c1-13(2)14-3-5-15(6-4-14)18-16(20)17-7-8-19-9-11-21-12-10-19/h3-6,13H,7-12H2,1-2H3,(H2,17,18,20). The predicted molar refractivity (Wildman–Crippen MR) is 84.8 cm³/mol. The average Bonchev–Trinajstić information content (AvgIpc) is 2.49. The molecule has 1 fully saturated rings. The number of benzene rings is 1. The third-order valence-electron chi connectivity index (χ3n) is 3.65. The van der Waals surface area contributed by atoms with Gasteiger partial charge in [0.25, 0.3) is 0 Å². The maximum atomic E-state index is 11.8. The van der Waals surface area contributed by atoms with Crippen molar-refractivity contribution in [2.24, 2.45) is 0 Å². The molecular weight excluding hydrogens is 266 g/mol. The van der Waals surface area contributed by atoms with Crippen LogP contribution in [0, 0.1) is 0 Å². The van der Waals surface area contributed by atoms with E-state index in [9.17, 15) is 4.79 Å². The first-order chi connectivity index (χ1) is 10.1. The summed E-state index contributed by atoms with van der Waals surface area (Å²) in [4.78, 5) is 14.1. The van der Waals surface area contributed by atoms with E-state index in [0.29, 0.717) is 12.5 Å². The summed E-state index contributed by atoms with van der Waals surface area (Å²) in [5.41, 5.74) is 2.09. The quantitative estimate of drug-likeness (QED) is 0.875. The zero-order chi connectivity index (χ0) is 15.1. The van der Waals surface area contributed by atoms with Crippen LogP contribution in [0.15, 0.2) is 24.3 Å². The molecule has 2 amide bonds. The number of nitrogens with one attached hydrogen (secondary N) is 2. The first kappa shape index (κ1) is 15.8. The molecule has 0 aliphatic carbocycles. The lowest BCUT2D eigenvalue weighted by Crippen LogP contribution is -2.42. The Hall–Kier alpha value is -1.59. The molecule has 1 aromatic rings. The van der Waals surface area contributed by atoms with Gasteiger partial charge in [-0.25, -0.2) is 4.79 Å². The van der Waals surface area contributed by atoms with Crippen molar-refractivity contribution >= 4 is 11.7 Å². The monoisotopic (exact) mass is 291 g/mol. The van der Waals surface area contributed by atoms with Crippen LogP contribution < -0.4 is 10.6 Å². The number of carbonyl (C=O) groups excluding carboxylic acids is 1. The van der Waals surface area contributed by atoms with E-state index in [1.165, 1.54) is 5.56 Å². The maximum Gasteiger partial charge on any atom is 0.319 e. The Morgan fingerprint density at radius 1 is 1.24 bits per heavy atom. The second-order valence-electron chi connectivity index (χ2n) is 5.61. The Bertz CT molecular complexity index is 439. The lowest BCUT2D eigenvalue weighted by Gasteiger charge is -2.26. The number of rotatable bonds is 5. The summed E-state index contributed by atoms with van der Waals surface area (Å²) in [6, 6.07) is 7.83. The SMILES string of the molecule is CC(C)c1ccc(NC(=O)NCCN2CCOCC2)cc1. The van der Waals surface area contributed by atoms with Gasteiger partial charge < -0.3 is 15.4 Å². The molecule has 0 aromatic heterocycles. The third-order valence-corrected chi connectivity index (χ3v) is 3.65. The van der Waals surface area contributed by atoms with E-state index in [1.54, 1.807) is 0 Å². The van der Waals surface area contributed by atoms with Gasteiger partial charge in [0.1, 0.15) is 0 Å². The molecule has 2 N–H and O–H groups in total. The number of nitrogens with zero attached hydrogens (tertiary/aromatic N) is 1. The molecule has 0 atom stereocenters. The first-order valence-electron chi connectivity index (χ1n) is 7.60. The van der Waals surface area contributed by atoms with Crippen molar-refractivity contribution in [2.75, 3.05) is 44.7 Å². The van der Waals surface area contributed by atoms with Crippen LogP contribution in [0.2, 0.25) is 0 Å². The minimum absolute atomic E-state index is 0.152. The van der Waals surface area contributed by atoms with Crippen LogP contribution in [0.5, 0.6) is 0 Å². The van der Waals surface area contributed by atoms with E-state index in [2.05, 4.69) is 29.4 Å². The van der Waals surface area contributed by atoms with E-state index in [1.807, 2.05) is 24.3 Å². The van der Waals surface area contributed by atoms with Gasteiger partial charge in [0.2, 0.25) is 0 Å². The molecule has 116 valence electrons. The fourth-order valence-corrected chi connectivity index (χ4v) is 2.28. The molecule has 21 heavy (non-hydrogen) atoms. The van der Waals surface area contributed by atoms with Crippen LogP contribution in [0.3, 0.4) is 0 Å². The summed E-state index contributed by atoms with van der Waals surface area (Å²) in [7, 11) is 0. The summed E-state index contributed by atoms with van der Waals surface area (Å²) >= 11 is 0. The Labute approximate surface area is 126 Å². The number of morpholine rings is 1. The number of urea groups is 1. The van der Waals surface area contributed by atoms with Gasteiger partial charge in [0, 0.05) is 31.9 Å². The molecule has 0 radical (unpaired) electrons. The maximum absolute atomic E-state index is 11.8. The van der Waals surface area contributed by atoms with E-state index in [-0.39, 0.29) is 6.03 Å². The summed E-state index contributed by atoms with van der Waals surface area (Å²) in [6.45, 7) is 9.28. The fraction of sp³-hybridized carbons (Fsp3) is 0.562. The van der Waals surface area contributed by atoms with Gasteiger partial charge in [0.05, 0.1) is 13.2 Å². The smallest absolute Gasteiger partial charge is 0.319 e. The van der Waals surface area contributed by atoms with Crippen molar-refractivity contribution in [1.82, 2.24) is 10.2 Å². The highest BCUT2D eigenvalue weighted by Gasteiger charge is 2.10. The molecule has 0 unspecified atom stereocenters. The lowest BCUT2D eigenvalue weighted by molar-refractivity contribution is 0.0388. The molecule has 1 aromatic carbocycles. The van der Waals surface area contributed by atoms with Crippen LogP contribution in [0.4, 0.5) is 10.5 Å². The minimum Gasteiger partial charge on any atom is -0.379 e. The Balaban J connectivity index is 1.68. The summed E-state index contributed by atoms with van der Waals surface area (Å²) < 4.78 is 5.29. The molecule has 1 aliphatic heterocycles. The van der Waals surface area contributed by atoms with Gasteiger partial charge in [-0.3, -0.25) is 4.90 Å². The zero-order valence-electron chi connectivity index (χ0n) is 12.9. The predicted octanol–water partition coefficient (Wildman–Crippen LogP) is 2.26. The van der Waals surface area contributed by atoms with Crippen molar-refractivity contribution in [2.45, 2.75) is 19.8 Å². The second-order valence-corrected chi connectivity index (χ2v) is 5.61. The number of hydrogen-bond donors (Lipinski definition) is 2. The largest absolute Gasteiger partial charge is 0.379 e. The highest BCUT2D eigenvalue weighted by atomic mass is 16.5. The van der Waals surface area contributed by atoms with E-state index in [0.717, 1.165) is 38.5 Å². The molecule has 5 nitrogen and oxygen atoms in total. The number of ether oxygens (including phenoxy) is 1. The van der Waals surface area contributed by atoms with E-state index < -0.39 is 0 Å². The topological polar surface area (TPSA) is 53.6 Å². The lowest BCUT2D eigenvalue weighted by atomic mass is 10.0. The molecule has 0 bridgehead atoms. The van der Waals surface area contributed by atoms with Crippen molar-refractivity contribution in [3.63, 3.8) is 0 Å². The van der Waals surface area contributed by atoms with Crippen LogP contribution >= 0.6 is 0 Å². The van der Waals surface area contributed by atoms with Gasteiger partial charge in [-0.2, -0.15) is 0 Å². The van der Waals surface area contributed by atoms with E-state index in [4.69, 9.17) is 4.74 Å². The second kappa shape index (κ2) is 8.00. The van der Waals surface area contributed by atoms with Gasteiger partial charge in [-0.05, 0) is 23.6 Å². The molecule has 0 spiro atoms. The number of hydrogen-bond acceptors (Lipinski definition) is 3. The number of anilines is 1. The molecule has 1 saturated heterocycles. The molecule has 1 heterocycles. The minimum atomic E-state index is -0.152. The van der Waals surface area contributed by atoms with Gasteiger partial charge in [0.15, 0.2) is 0 Å². The fourth-order valence-electron chi connectivity index (χ4n) is 2.28. The molecule has 0 saturated carbocycles. The Morgan fingerprint density at radius 3 is 2.52 bits per heavy atom. The molecule has 2 rings (SSSR count). The Morgan fingerprint density at radius 2 is 1.90 bits per heavy atom. The van der Waals surface area contributed by atoms with Crippen molar-refractivity contribution in [3.05, 3.63) is 29.8 Å². The Kier molecular flexibility index (Phi) is 6.02. The van der Waals surface area contributed by atoms with Crippen molar-refractivity contribution < 1.29 is 9.53 Å². The highest BCUT2D eigenvalue weighted by Crippen LogP contribution is 2.16. The first-order valence-corrected chi connectivity index (χ1v) is 7.60. The van der Waals surface area contributed by atoms with E-state index >= 15 is 0 Å². The number of carbonyl (C=O) groups is 1. The zero-order valence-corrected chi connectivity index (χ0v) is 12.9. The summed E-state index contributed by atoms with van der Waals surface area (Å²) in [5, 5.41) is 5.74. The van der Waals surface area contributed by atoms with Crippen molar-refractivity contribution in [3.8, 4) is 0 Å². The molecule has 1 aliphatic rings. The van der Waals surface area contributed by atoms with Gasteiger partial charge >= 0.3 is 6.03 Å². The van der Waals surface area contributed by atoms with Crippen LogP contribution in [-0.2, 0) is 4.74 Å². The normalized spacial score (nSPS) is 16.0. The summed E-state index contributed by atoms with van der Waals surface area (Å²) in [6.07, 6.45) is 0. The van der Waals surface area contributed by atoms with Crippen LogP contribution in [0.25, 0.3) is 0 Å². The molecule has 5 heteroatoms. The number of amides is 2. The van der Waals surface area contributed by atoms with Gasteiger partial charge in [-0.15, -0.1) is 0 Å². The van der Waals surface area contributed by atoms with Crippen molar-refractivity contribution in [1.29, 1.82) is 0 Å². The average molecular weight is 291 g/mol. The third kappa shape index (κ3) is 5.36. The molecular formula is C16H25N3O2. The van der Waals surface area contributed by atoms with Crippen LogP contribution in [0.1, 0.15) is 25.3 Å². The highest BCUT2D eigenvalue weighted by molar-refractivity contribution is 5.89.